The van der Waals surface area contributed by atoms with E-state index in [0.717, 1.165) is 5.92 Å². The first-order valence-electron chi connectivity index (χ1n) is 7.50. The Morgan fingerprint density at radius 1 is 0.842 bits per heavy atom. The molecule has 0 aliphatic heterocycles. The third-order valence-electron chi connectivity index (χ3n) is 5.07. The van der Waals surface area contributed by atoms with E-state index in [1.54, 1.807) is 22.3 Å². The van der Waals surface area contributed by atoms with Gasteiger partial charge in [0, 0.05) is 5.92 Å². The number of fused-ring (bicyclic) bond motifs is 5. The van der Waals surface area contributed by atoms with Crippen molar-refractivity contribution in [2.45, 2.75) is 38.5 Å². The van der Waals surface area contributed by atoms with Gasteiger partial charge < -0.3 is 0 Å². The van der Waals surface area contributed by atoms with E-state index in [9.17, 15) is 0 Å². The van der Waals surface area contributed by atoms with Gasteiger partial charge in [-0.1, -0.05) is 48.0 Å². The van der Waals surface area contributed by atoms with Gasteiger partial charge in [-0.25, -0.2) is 0 Å². The number of rotatable bonds is 0. The lowest BCUT2D eigenvalue weighted by molar-refractivity contribution is 0.363. The molecule has 0 heteroatoms. The molecule has 2 aliphatic rings. The second-order valence-electron chi connectivity index (χ2n) is 6.22. The molecule has 0 radical (unpaired) electrons. The fraction of sp³-hybridized carbons (Fsp3) is 0.368. The molecule has 2 aromatic carbocycles. The van der Waals surface area contributed by atoms with Gasteiger partial charge >= 0.3 is 0 Å². The van der Waals surface area contributed by atoms with E-state index in [4.69, 9.17) is 0 Å². The molecular formula is C19H20. The molecule has 2 aromatic rings. The zero-order valence-corrected chi connectivity index (χ0v) is 11.5. The van der Waals surface area contributed by atoms with Crippen LogP contribution in [0.25, 0.3) is 0 Å². The third kappa shape index (κ3) is 1.74. The van der Waals surface area contributed by atoms with Gasteiger partial charge in [0.25, 0.3) is 0 Å². The quantitative estimate of drug-likeness (QED) is 0.637. The van der Waals surface area contributed by atoms with E-state index in [0.29, 0.717) is 5.92 Å². The van der Waals surface area contributed by atoms with E-state index in [-0.39, 0.29) is 0 Å². The van der Waals surface area contributed by atoms with Crippen molar-refractivity contribution in [2.75, 3.05) is 0 Å². The molecule has 0 aromatic heterocycles. The van der Waals surface area contributed by atoms with Crippen LogP contribution in [0, 0.1) is 12.8 Å². The summed E-state index contributed by atoms with van der Waals surface area (Å²) in [5.74, 6) is 1.53. The second-order valence-corrected chi connectivity index (χ2v) is 6.22. The van der Waals surface area contributed by atoms with Crippen molar-refractivity contribution in [3.05, 3.63) is 70.3 Å². The summed E-state index contributed by atoms with van der Waals surface area (Å²) in [7, 11) is 0. The SMILES string of the molecule is Cc1ccc2c(c1)C1c3ccccc3CCC1CC2. The van der Waals surface area contributed by atoms with Crippen molar-refractivity contribution in [2.24, 2.45) is 5.92 Å². The van der Waals surface area contributed by atoms with Crippen LogP contribution in [0.1, 0.15) is 46.6 Å². The Hall–Kier alpha value is -1.56. The van der Waals surface area contributed by atoms with Crippen molar-refractivity contribution in [3.8, 4) is 0 Å². The molecule has 0 amide bonds. The molecule has 2 atom stereocenters. The van der Waals surface area contributed by atoms with Gasteiger partial charge in [-0.05, 0) is 60.8 Å². The minimum Gasteiger partial charge on any atom is -0.0620 e. The molecule has 0 saturated carbocycles. The highest BCUT2D eigenvalue weighted by Crippen LogP contribution is 2.47. The lowest BCUT2D eigenvalue weighted by atomic mass is 9.65. The molecule has 2 unspecified atom stereocenters. The molecule has 0 fully saturated rings. The molecular weight excluding hydrogens is 228 g/mol. The maximum absolute atomic E-state index is 2.44. The monoisotopic (exact) mass is 248 g/mol. The molecule has 96 valence electrons. The summed E-state index contributed by atoms with van der Waals surface area (Å²) in [6, 6.07) is 16.2. The van der Waals surface area contributed by atoms with E-state index in [2.05, 4.69) is 49.4 Å². The topological polar surface area (TPSA) is 0 Å². The van der Waals surface area contributed by atoms with Crippen molar-refractivity contribution in [1.82, 2.24) is 0 Å². The van der Waals surface area contributed by atoms with Gasteiger partial charge in [-0.2, -0.15) is 0 Å². The maximum Gasteiger partial charge on any atom is 0.0123 e. The van der Waals surface area contributed by atoms with Gasteiger partial charge in [-0.3, -0.25) is 0 Å². The van der Waals surface area contributed by atoms with Crippen LogP contribution in [-0.4, -0.2) is 0 Å². The highest BCUT2D eigenvalue weighted by atomic mass is 14.4. The van der Waals surface area contributed by atoms with Crippen molar-refractivity contribution in [1.29, 1.82) is 0 Å². The van der Waals surface area contributed by atoms with E-state index in [1.165, 1.54) is 31.2 Å². The van der Waals surface area contributed by atoms with Gasteiger partial charge in [0.2, 0.25) is 0 Å². The normalized spacial score (nSPS) is 24.3. The largest absolute Gasteiger partial charge is 0.0620 e. The van der Waals surface area contributed by atoms with Crippen molar-refractivity contribution < 1.29 is 0 Å². The van der Waals surface area contributed by atoms with E-state index >= 15 is 0 Å². The summed E-state index contributed by atoms with van der Waals surface area (Å²) >= 11 is 0. The zero-order valence-electron chi connectivity index (χ0n) is 11.5. The Balaban J connectivity index is 1.92. The number of benzene rings is 2. The van der Waals surface area contributed by atoms with Crippen molar-refractivity contribution >= 4 is 0 Å². The lowest BCUT2D eigenvalue weighted by Crippen LogP contribution is -2.26. The Bertz CT molecular complexity index is 624. The van der Waals surface area contributed by atoms with Crippen LogP contribution in [0.15, 0.2) is 42.5 Å². The predicted octanol–water partition coefficient (Wildman–Crippen LogP) is 4.64. The molecule has 0 nitrogen and oxygen atoms in total. The maximum atomic E-state index is 2.44. The summed E-state index contributed by atoms with van der Waals surface area (Å²) in [6.45, 7) is 2.22. The Morgan fingerprint density at radius 3 is 2.42 bits per heavy atom. The standard InChI is InChI=1S/C19H20/c1-13-6-7-15-9-11-16-10-8-14-4-2-3-5-17(14)19(16)18(15)12-13/h2-7,12,16,19H,8-11H2,1H3. The fourth-order valence-electron chi connectivity index (χ4n) is 4.13. The zero-order chi connectivity index (χ0) is 12.8. The molecule has 0 heterocycles. The summed E-state index contributed by atoms with van der Waals surface area (Å²) in [5.41, 5.74) is 7.79. The highest BCUT2D eigenvalue weighted by molar-refractivity contribution is 5.46. The Labute approximate surface area is 115 Å². The van der Waals surface area contributed by atoms with Crippen LogP contribution in [-0.2, 0) is 12.8 Å². The van der Waals surface area contributed by atoms with E-state index in [1.807, 2.05) is 0 Å². The molecule has 0 spiro atoms. The summed E-state index contributed by atoms with van der Waals surface area (Å²) in [5, 5.41) is 0. The third-order valence-corrected chi connectivity index (χ3v) is 5.07. The molecule has 0 saturated heterocycles. The summed E-state index contributed by atoms with van der Waals surface area (Å²) in [6.07, 6.45) is 5.29. The molecule has 4 rings (SSSR count). The van der Waals surface area contributed by atoms with Gasteiger partial charge in [0.15, 0.2) is 0 Å². The van der Waals surface area contributed by atoms with Crippen LogP contribution >= 0.6 is 0 Å². The van der Waals surface area contributed by atoms with Gasteiger partial charge in [0.1, 0.15) is 0 Å². The predicted molar refractivity (Wildman–Crippen MR) is 79.6 cm³/mol. The first-order valence-corrected chi connectivity index (χ1v) is 7.50. The fourth-order valence-corrected chi connectivity index (χ4v) is 4.13. The lowest BCUT2D eigenvalue weighted by Gasteiger charge is -2.39. The first-order chi connectivity index (χ1) is 9.33. The Kier molecular flexibility index (Phi) is 2.51. The Morgan fingerprint density at radius 2 is 1.58 bits per heavy atom. The number of aryl methyl sites for hydroxylation is 3. The van der Waals surface area contributed by atoms with E-state index < -0.39 is 0 Å². The second kappa shape index (κ2) is 4.23. The first kappa shape index (κ1) is 11.3. The van der Waals surface area contributed by atoms with Crippen LogP contribution in [0.2, 0.25) is 0 Å². The highest BCUT2D eigenvalue weighted by Gasteiger charge is 2.34. The molecule has 0 N–H and O–H groups in total. The van der Waals surface area contributed by atoms with Crippen LogP contribution < -0.4 is 0 Å². The molecule has 0 bridgehead atoms. The van der Waals surface area contributed by atoms with Crippen LogP contribution in [0.3, 0.4) is 0 Å². The average molecular weight is 248 g/mol. The molecule has 2 aliphatic carbocycles. The van der Waals surface area contributed by atoms with Gasteiger partial charge in [0.05, 0.1) is 0 Å². The summed E-state index contributed by atoms with van der Waals surface area (Å²) in [4.78, 5) is 0. The smallest absolute Gasteiger partial charge is 0.0123 e. The number of hydrogen-bond donors (Lipinski definition) is 0. The van der Waals surface area contributed by atoms with Crippen molar-refractivity contribution in [3.63, 3.8) is 0 Å². The molecule has 19 heavy (non-hydrogen) atoms. The minimum absolute atomic E-state index is 0.661. The average Bonchev–Trinajstić information content (AvgIpc) is 2.46. The number of hydrogen-bond acceptors (Lipinski definition) is 0. The van der Waals surface area contributed by atoms with Gasteiger partial charge in [-0.15, -0.1) is 0 Å². The van der Waals surface area contributed by atoms with Crippen LogP contribution in [0.4, 0.5) is 0 Å². The summed E-state index contributed by atoms with van der Waals surface area (Å²) < 4.78 is 0. The van der Waals surface area contributed by atoms with Crippen LogP contribution in [0.5, 0.6) is 0 Å². The minimum atomic E-state index is 0.661.